The summed E-state index contributed by atoms with van der Waals surface area (Å²) < 4.78 is 5.49. The molecule has 0 aromatic carbocycles. The van der Waals surface area contributed by atoms with Gasteiger partial charge in [0.2, 0.25) is 5.91 Å². The van der Waals surface area contributed by atoms with Crippen LogP contribution in [0.25, 0.3) is 0 Å². The normalized spacial score (nSPS) is 12.7. The van der Waals surface area contributed by atoms with Crippen LogP contribution in [-0.4, -0.2) is 47.4 Å². The number of hydrogen-bond donors (Lipinski definition) is 3. The molecule has 2 unspecified atom stereocenters. The Morgan fingerprint density at radius 1 is 0.364 bits per heavy atom. The number of hydrogen-bond acceptors (Lipinski definition) is 5. The largest absolute Gasteiger partial charge is 0.466 e. The predicted molar refractivity (Wildman–Crippen MR) is 338 cm³/mol. The van der Waals surface area contributed by atoms with E-state index in [-0.39, 0.29) is 18.5 Å². The van der Waals surface area contributed by atoms with Crippen molar-refractivity contribution in [2.24, 2.45) is 0 Å². The lowest BCUT2D eigenvalue weighted by molar-refractivity contribution is -0.143. The molecule has 0 heterocycles. The van der Waals surface area contributed by atoms with Crippen LogP contribution in [0, 0.1) is 0 Å². The molecular formula is C71H135NO5. The first kappa shape index (κ1) is 75.1. The molecule has 0 fully saturated rings. The Bertz CT molecular complexity index is 1250. The Balaban J connectivity index is 3.44. The van der Waals surface area contributed by atoms with Gasteiger partial charge in [0.05, 0.1) is 25.4 Å². The molecule has 0 aliphatic heterocycles. The molecule has 2 atom stereocenters. The lowest BCUT2D eigenvalue weighted by atomic mass is 10.0. The zero-order chi connectivity index (χ0) is 55.7. The van der Waals surface area contributed by atoms with Gasteiger partial charge in [0.25, 0.3) is 0 Å². The van der Waals surface area contributed by atoms with Crippen molar-refractivity contribution in [3.8, 4) is 0 Å². The smallest absolute Gasteiger partial charge is 0.305 e. The molecule has 0 saturated heterocycles. The summed E-state index contributed by atoms with van der Waals surface area (Å²) in [5, 5.41) is 23.3. The van der Waals surface area contributed by atoms with Gasteiger partial charge in [0.1, 0.15) is 0 Å². The van der Waals surface area contributed by atoms with Gasteiger partial charge in [-0.2, -0.15) is 0 Å². The van der Waals surface area contributed by atoms with Crippen molar-refractivity contribution in [1.82, 2.24) is 5.32 Å². The molecule has 454 valence electrons. The van der Waals surface area contributed by atoms with Crippen LogP contribution in [-0.2, 0) is 14.3 Å². The minimum absolute atomic E-state index is 0.00205. The topological polar surface area (TPSA) is 95.9 Å². The van der Waals surface area contributed by atoms with Gasteiger partial charge in [-0.15, -0.1) is 0 Å². The van der Waals surface area contributed by atoms with Gasteiger partial charge in [-0.3, -0.25) is 9.59 Å². The van der Waals surface area contributed by atoms with E-state index in [1.807, 2.05) is 6.08 Å². The van der Waals surface area contributed by atoms with Gasteiger partial charge < -0.3 is 20.3 Å². The van der Waals surface area contributed by atoms with Crippen LogP contribution in [0.4, 0.5) is 0 Å². The second-order valence-electron chi connectivity index (χ2n) is 23.9. The number of unbranched alkanes of at least 4 members (excludes halogenated alkanes) is 50. The predicted octanol–water partition coefficient (Wildman–Crippen LogP) is 22.3. The highest BCUT2D eigenvalue weighted by molar-refractivity contribution is 5.76. The molecule has 0 bridgehead atoms. The van der Waals surface area contributed by atoms with Crippen LogP contribution in [0.3, 0.4) is 0 Å². The Morgan fingerprint density at radius 3 is 1.00 bits per heavy atom. The first-order valence-corrected chi connectivity index (χ1v) is 34.8. The van der Waals surface area contributed by atoms with Crippen molar-refractivity contribution in [1.29, 1.82) is 0 Å². The van der Waals surface area contributed by atoms with E-state index < -0.39 is 12.1 Å². The summed E-state index contributed by atoms with van der Waals surface area (Å²) >= 11 is 0. The number of carbonyl (C=O) groups is 2. The Morgan fingerprint density at radius 2 is 0.649 bits per heavy atom. The molecule has 0 aliphatic carbocycles. The van der Waals surface area contributed by atoms with Gasteiger partial charge in [-0.25, -0.2) is 0 Å². The highest BCUT2D eigenvalue weighted by atomic mass is 16.5. The Hall–Kier alpha value is -1.92. The maximum atomic E-state index is 12.5. The van der Waals surface area contributed by atoms with E-state index in [1.165, 1.54) is 302 Å². The quantitative estimate of drug-likeness (QED) is 0.0320. The third-order valence-electron chi connectivity index (χ3n) is 16.2. The highest BCUT2D eigenvalue weighted by Crippen LogP contribution is 2.18. The van der Waals surface area contributed by atoms with Crippen LogP contribution in [0.15, 0.2) is 36.5 Å². The molecule has 0 rings (SSSR count). The number of aliphatic hydroxyl groups excluding tert-OH is 2. The molecule has 6 heteroatoms. The molecular weight excluding hydrogens is 947 g/mol. The molecule has 0 spiro atoms. The number of aliphatic hydroxyl groups is 2. The monoisotopic (exact) mass is 1080 g/mol. The summed E-state index contributed by atoms with van der Waals surface area (Å²) in [5.74, 6) is -0.0717. The van der Waals surface area contributed by atoms with Gasteiger partial charge in [-0.05, 0) is 64.2 Å². The zero-order valence-corrected chi connectivity index (χ0v) is 52.0. The number of esters is 1. The fourth-order valence-corrected chi connectivity index (χ4v) is 10.8. The third-order valence-corrected chi connectivity index (χ3v) is 16.2. The summed E-state index contributed by atoms with van der Waals surface area (Å²) in [6.45, 7) is 4.91. The fraction of sp³-hybridized carbons (Fsp3) is 0.887. The van der Waals surface area contributed by atoms with Crippen LogP contribution < -0.4 is 5.32 Å². The first-order valence-electron chi connectivity index (χ1n) is 34.8. The van der Waals surface area contributed by atoms with Crippen molar-refractivity contribution < 1.29 is 24.5 Å². The number of allylic oxidation sites excluding steroid dienone is 5. The van der Waals surface area contributed by atoms with Crippen LogP contribution in [0.5, 0.6) is 0 Å². The second-order valence-corrected chi connectivity index (χ2v) is 23.9. The van der Waals surface area contributed by atoms with Crippen molar-refractivity contribution >= 4 is 11.9 Å². The molecule has 0 saturated carbocycles. The SMILES string of the molecule is CCCCCC/C=C\C/C=C\CCCCCCCCCC(=O)OCCCCCCCCCCCCCCCCCCCC(=O)NC(CO)C(O)/C=C/CCCCCCCCCCCCCCCCCCCCCCCCC. The average Bonchev–Trinajstić information content (AvgIpc) is 3.43. The highest BCUT2D eigenvalue weighted by Gasteiger charge is 2.18. The minimum atomic E-state index is -0.851. The standard InChI is InChI=1S/C71H135NO5/c1-3-5-7-9-11-13-15-17-19-21-23-24-25-26-27-28-29-31-35-39-43-47-51-55-59-63-69(74)68(67-73)72-70(75)64-60-56-52-48-44-40-36-32-30-34-38-42-46-50-54-58-62-66-77-71(76)65-61-57-53-49-45-41-37-33-22-20-18-16-14-12-10-8-6-4-2/h14,16,20,22,59,63,68-69,73-74H,3-13,15,17-19,21,23-58,60-62,64-67H2,1-2H3,(H,72,75)/b16-14-,22-20-,63-59+. The number of rotatable bonds is 65. The van der Waals surface area contributed by atoms with E-state index >= 15 is 0 Å². The summed E-state index contributed by atoms with van der Waals surface area (Å²) in [6.07, 6.45) is 84.9. The van der Waals surface area contributed by atoms with Gasteiger partial charge in [-0.1, -0.05) is 339 Å². The zero-order valence-electron chi connectivity index (χ0n) is 52.0. The molecule has 0 aromatic rings. The third kappa shape index (κ3) is 63.1. The molecule has 6 nitrogen and oxygen atoms in total. The van der Waals surface area contributed by atoms with E-state index in [2.05, 4.69) is 43.5 Å². The summed E-state index contributed by atoms with van der Waals surface area (Å²) in [6, 6.07) is -0.634. The lowest BCUT2D eigenvalue weighted by Crippen LogP contribution is -2.45. The maximum Gasteiger partial charge on any atom is 0.305 e. The van der Waals surface area contributed by atoms with E-state index in [9.17, 15) is 19.8 Å². The second kappa shape index (κ2) is 66.6. The van der Waals surface area contributed by atoms with Crippen LogP contribution in [0.2, 0.25) is 0 Å². The van der Waals surface area contributed by atoms with Crippen molar-refractivity contribution in [3.63, 3.8) is 0 Å². The molecule has 77 heavy (non-hydrogen) atoms. The first-order chi connectivity index (χ1) is 38.0. The average molecular weight is 1080 g/mol. The van der Waals surface area contributed by atoms with Crippen molar-refractivity contribution in [2.75, 3.05) is 13.2 Å². The fourth-order valence-electron chi connectivity index (χ4n) is 10.8. The van der Waals surface area contributed by atoms with Gasteiger partial charge >= 0.3 is 5.97 Å². The summed E-state index contributed by atoms with van der Waals surface area (Å²) in [5.41, 5.74) is 0. The van der Waals surface area contributed by atoms with Crippen LogP contribution >= 0.6 is 0 Å². The summed E-state index contributed by atoms with van der Waals surface area (Å²) in [4.78, 5) is 24.6. The Labute approximate surface area is 481 Å². The number of ether oxygens (including phenoxy) is 1. The molecule has 1 amide bonds. The lowest BCUT2D eigenvalue weighted by Gasteiger charge is -2.20. The van der Waals surface area contributed by atoms with Crippen molar-refractivity contribution in [3.05, 3.63) is 36.5 Å². The number of nitrogens with one attached hydrogen (secondary N) is 1. The van der Waals surface area contributed by atoms with Gasteiger partial charge in [0.15, 0.2) is 0 Å². The van der Waals surface area contributed by atoms with E-state index in [0.717, 1.165) is 51.4 Å². The van der Waals surface area contributed by atoms with Crippen LogP contribution in [0.1, 0.15) is 380 Å². The van der Waals surface area contributed by atoms with E-state index in [4.69, 9.17) is 4.74 Å². The summed E-state index contributed by atoms with van der Waals surface area (Å²) in [7, 11) is 0. The Kier molecular flexibility index (Phi) is 64.9. The molecule has 0 radical (unpaired) electrons. The van der Waals surface area contributed by atoms with Gasteiger partial charge in [0, 0.05) is 12.8 Å². The number of carbonyl (C=O) groups excluding carboxylic acids is 2. The van der Waals surface area contributed by atoms with Crippen molar-refractivity contribution in [2.45, 2.75) is 392 Å². The molecule has 0 aromatic heterocycles. The molecule has 0 aliphatic rings. The minimum Gasteiger partial charge on any atom is -0.466 e. The maximum absolute atomic E-state index is 12.5. The van der Waals surface area contributed by atoms with E-state index in [1.54, 1.807) is 6.08 Å². The number of amides is 1. The molecule has 3 N–H and O–H groups in total. The van der Waals surface area contributed by atoms with E-state index in [0.29, 0.717) is 19.4 Å².